The Morgan fingerprint density at radius 1 is 1.08 bits per heavy atom. The molecule has 3 aromatic rings. The molecule has 3 N–H and O–H groups in total. The first-order chi connectivity index (χ1) is 11.9. The van der Waals surface area contributed by atoms with E-state index in [0.717, 1.165) is 0 Å². The van der Waals surface area contributed by atoms with Crippen LogP contribution in [0.4, 0.5) is 5.69 Å². The van der Waals surface area contributed by atoms with Gasteiger partial charge in [-0.05, 0) is 42.5 Å². The molecule has 0 saturated carbocycles. The van der Waals surface area contributed by atoms with E-state index >= 15 is 0 Å². The van der Waals surface area contributed by atoms with Crippen molar-refractivity contribution >= 4 is 51.7 Å². The van der Waals surface area contributed by atoms with Gasteiger partial charge in [-0.3, -0.25) is 9.59 Å². The Kier molecular flexibility index (Phi) is 4.83. The number of benzene rings is 2. The molecule has 0 aliphatic rings. The number of fused-ring (bicyclic) bond motifs is 1. The second-order valence-electron chi connectivity index (χ2n) is 5.10. The highest BCUT2D eigenvalue weighted by Crippen LogP contribution is 2.32. The predicted molar refractivity (Wildman–Crippen MR) is 95.3 cm³/mol. The zero-order valence-corrected chi connectivity index (χ0v) is 14.2. The van der Waals surface area contributed by atoms with E-state index in [1.165, 1.54) is 0 Å². The van der Waals surface area contributed by atoms with Crippen LogP contribution in [0, 0.1) is 0 Å². The van der Waals surface area contributed by atoms with E-state index in [-0.39, 0.29) is 18.1 Å². The summed E-state index contributed by atoms with van der Waals surface area (Å²) in [4.78, 5) is 23.7. The van der Waals surface area contributed by atoms with Gasteiger partial charge in [0.25, 0.3) is 11.8 Å². The van der Waals surface area contributed by atoms with Crippen LogP contribution in [-0.2, 0) is 4.79 Å². The van der Waals surface area contributed by atoms with Crippen LogP contribution in [0.15, 0.2) is 46.9 Å². The molecule has 3 rings (SSSR count). The fourth-order valence-corrected chi connectivity index (χ4v) is 2.52. The lowest BCUT2D eigenvalue weighted by molar-refractivity contribution is -0.118. The summed E-state index contributed by atoms with van der Waals surface area (Å²) in [5.74, 6) is -0.965. The van der Waals surface area contributed by atoms with E-state index in [4.69, 9.17) is 38.1 Å². The molecule has 2 aromatic carbocycles. The molecule has 6 nitrogen and oxygen atoms in total. The summed E-state index contributed by atoms with van der Waals surface area (Å²) in [6.45, 7) is -0.271. The number of rotatable bonds is 5. The average Bonchev–Trinajstić information content (AvgIpc) is 2.92. The molecule has 0 radical (unpaired) electrons. The van der Waals surface area contributed by atoms with Gasteiger partial charge in [-0.25, -0.2) is 0 Å². The maximum Gasteiger partial charge on any atom is 0.286 e. The highest BCUT2D eigenvalue weighted by molar-refractivity contribution is 6.31. The Morgan fingerprint density at radius 3 is 2.44 bits per heavy atom. The highest BCUT2D eigenvalue weighted by atomic mass is 35.5. The first kappa shape index (κ1) is 17.1. The molecule has 0 unspecified atom stereocenters. The Hall–Kier alpha value is -2.70. The molecule has 0 saturated heterocycles. The second kappa shape index (κ2) is 7.04. The van der Waals surface area contributed by atoms with Gasteiger partial charge in [0.2, 0.25) is 5.76 Å². The van der Waals surface area contributed by atoms with Gasteiger partial charge in [0.15, 0.2) is 6.61 Å². The third kappa shape index (κ3) is 3.87. The zero-order valence-electron chi connectivity index (χ0n) is 12.7. The van der Waals surface area contributed by atoms with Gasteiger partial charge >= 0.3 is 0 Å². The minimum absolute atomic E-state index is 0.155. The summed E-state index contributed by atoms with van der Waals surface area (Å²) >= 11 is 11.7. The smallest absolute Gasteiger partial charge is 0.286 e. The van der Waals surface area contributed by atoms with Crippen LogP contribution in [0.25, 0.3) is 11.0 Å². The van der Waals surface area contributed by atoms with Gasteiger partial charge in [0, 0.05) is 15.4 Å². The van der Waals surface area contributed by atoms with Crippen LogP contribution < -0.4 is 15.8 Å². The van der Waals surface area contributed by atoms with Crippen LogP contribution in [0.3, 0.4) is 0 Å². The number of hydrogen-bond acceptors (Lipinski definition) is 4. The summed E-state index contributed by atoms with van der Waals surface area (Å²) in [5.41, 5.74) is 5.85. The summed E-state index contributed by atoms with van der Waals surface area (Å²) in [5, 5.41) is 4.04. The molecule has 0 spiro atoms. The van der Waals surface area contributed by atoms with E-state index in [0.29, 0.717) is 26.8 Å². The Morgan fingerprint density at radius 2 is 1.76 bits per heavy atom. The molecule has 0 atom stereocenters. The van der Waals surface area contributed by atoms with E-state index in [2.05, 4.69) is 5.32 Å². The molecule has 0 aliphatic heterocycles. The number of anilines is 1. The number of ether oxygens (including phenoxy) is 1. The number of carbonyl (C=O) groups excluding carboxylic acids is 2. The van der Waals surface area contributed by atoms with Crippen LogP contribution >= 0.6 is 23.2 Å². The maximum atomic E-state index is 12.2. The van der Waals surface area contributed by atoms with E-state index in [1.807, 2.05) is 0 Å². The highest BCUT2D eigenvalue weighted by Gasteiger charge is 2.20. The molecule has 128 valence electrons. The Balaban J connectivity index is 1.80. The third-order valence-electron chi connectivity index (χ3n) is 3.32. The van der Waals surface area contributed by atoms with Crippen molar-refractivity contribution in [3.8, 4) is 5.75 Å². The largest absolute Gasteiger partial charge is 0.484 e. The van der Waals surface area contributed by atoms with Crippen LogP contribution in [0.1, 0.15) is 10.6 Å². The van der Waals surface area contributed by atoms with E-state index < -0.39 is 11.8 Å². The first-order valence-corrected chi connectivity index (χ1v) is 7.89. The van der Waals surface area contributed by atoms with Crippen molar-refractivity contribution in [1.29, 1.82) is 0 Å². The maximum absolute atomic E-state index is 12.2. The SMILES string of the molecule is NC(=O)c1oc2ccc(Cl)cc2c1NC(=O)COc1ccc(Cl)cc1. The molecule has 0 fully saturated rings. The molecule has 2 amide bonds. The Labute approximate surface area is 152 Å². The molecule has 0 aliphatic carbocycles. The van der Waals surface area contributed by atoms with Crippen molar-refractivity contribution < 1.29 is 18.7 Å². The zero-order chi connectivity index (χ0) is 18.0. The lowest BCUT2D eigenvalue weighted by Crippen LogP contribution is -2.22. The molecule has 1 heterocycles. The molecule has 25 heavy (non-hydrogen) atoms. The van der Waals surface area contributed by atoms with Crippen molar-refractivity contribution in [2.75, 3.05) is 11.9 Å². The molecule has 0 bridgehead atoms. The fourth-order valence-electron chi connectivity index (χ4n) is 2.22. The van der Waals surface area contributed by atoms with Crippen LogP contribution in [0.5, 0.6) is 5.75 Å². The molecular weight excluding hydrogens is 367 g/mol. The summed E-state index contributed by atoms with van der Waals surface area (Å²) in [7, 11) is 0. The van der Waals surface area contributed by atoms with Gasteiger partial charge in [-0.15, -0.1) is 0 Å². The van der Waals surface area contributed by atoms with Crippen LogP contribution in [-0.4, -0.2) is 18.4 Å². The first-order valence-electron chi connectivity index (χ1n) is 7.14. The van der Waals surface area contributed by atoms with Crippen molar-refractivity contribution in [2.45, 2.75) is 0 Å². The second-order valence-corrected chi connectivity index (χ2v) is 5.97. The summed E-state index contributed by atoms with van der Waals surface area (Å²) in [6.07, 6.45) is 0. The number of halogens is 2. The quantitative estimate of drug-likeness (QED) is 0.704. The topological polar surface area (TPSA) is 94.6 Å². The van der Waals surface area contributed by atoms with Gasteiger partial charge in [0.05, 0.1) is 0 Å². The van der Waals surface area contributed by atoms with Crippen LogP contribution in [0.2, 0.25) is 10.0 Å². The molecular formula is C17H12Cl2N2O4. The molecule has 1 aromatic heterocycles. The van der Waals surface area contributed by atoms with Crippen molar-refractivity contribution in [2.24, 2.45) is 5.73 Å². The summed E-state index contributed by atoms with van der Waals surface area (Å²) < 4.78 is 10.8. The monoisotopic (exact) mass is 378 g/mol. The normalized spacial score (nSPS) is 10.6. The minimum atomic E-state index is -0.804. The number of hydrogen-bond donors (Lipinski definition) is 2. The number of primary amides is 1. The third-order valence-corrected chi connectivity index (χ3v) is 3.81. The van der Waals surface area contributed by atoms with Gasteiger partial charge in [-0.1, -0.05) is 23.2 Å². The number of nitrogens with two attached hydrogens (primary N) is 1. The van der Waals surface area contributed by atoms with Gasteiger partial charge < -0.3 is 20.2 Å². The predicted octanol–water partition coefficient (Wildman–Crippen LogP) is 3.86. The Bertz CT molecular complexity index is 951. The standard InChI is InChI=1S/C17H12Cl2N2O4/c18-9-1-4-11(5-2-9)24-8-14(22)21-15-12-7-10(19)3-6-13(12)25-16(15)17(20)23/h1-7H,8H2,(H2,20,23)(H,21,22). The average molecular weight is 379 g/mol. The van der Waals surface area contributed by atoms with Crippen molar-refractivity contribution in [3.05, 3.63) is 58.3 Å². The lowest BCUT2D eigenvalue weighted by atomic mass is 10.2. The number of carbonyl (C=O) groups is 2. The van der Waals surface area contributed by atoms with E-state index in [1.54, 1.807) is 42.5 Å². The molecule has 8 heteroatoms. The van der Waals surface area contributed by atoms with Crippen molar-refractivity contribution in [3.63, 3.8) is 0 Å². The van der Waals surface area contributed by atoms with Crippen molar-refractivity contribution in [1.82, 2.24) is 0 Å². The van der Waals surface area contributed by atoms with Gasteiger partial charge in [0.1, 0.15) is 17.0 Å². The lowest BCUT2D eigenvalue weighted by Gasteiger charge is -2.07. The number of furan rings is 1. The number of amides is 2. The summed E-state index contributed by atoms with van der Waals surface area (Å²) in [6, 6.07) is 11.3. The fraction of sp³-hybridized carbons (Fsp3) is 0.0588. The number of nitrogens with one attached hydrogen (secondary N) is 1. The van der Waals surface area contributed by atoms with Gasteiger partial charge in [-0.2, -0.15) is 0 Å². The minimum Gasteiger partial charge on any atom is -0.484 e. The van der Waals surface area contributed by atoms with E-state index in [9.17, 15) is 9.59 Å².